The molecule has 2 amide bonds. The summed E-state index contributed by atoms with van der Waals surface area (Å²) in [4.78, 5) is 25.1. The van der Waals surface area contributed by atoms with Crippen molar-refractivity contribution in [3.63, 3.8) is 0 Å². The van der Waals surface area contributed by atoms with Gasteiger partial charge >= 0.3 is 0 Å². The third kappa shape index (κ3) is 7.70. The Balaban J connectivity index is 0.00000361. The van der Waals surface area contributed by atoms with Crippen molar-refractivity contribution in [2.75, 3.05) is 33.7 Å². The Morgan fingerprint density at radius 1 is 1.20 bits per heavy atom. The summed E-state index contributed by atoms with van der Waals surface area (Å²) in [6.45, 7) is 1.54. The van der Waals surface area contributed by atoms with Crippen molar-refractivity contribution in [3.8, 4) is 0 Å². The Morgan fingerprint density at radius 2 is 1.85 bits per heavy atom. The minimum atomic E-state index is -0.0350. The maximum absolute atomic E-state index is 11.8. The Hall–Kier alpha value is -0.810. The Labute approximate surface area is 128 Å². The lowest BCUT2D eigenvalue weighted by Gasteiger charge is -2.21. The second-order valence-electron chi connectivity index (χ2n) is 5.40. The van der Waals surface area contributed by atoms with Gasteiger partial charge in [0, 0.05) is 26.6 Å². The summed E-state index contributed by atoms with van der Waals surface area (Å²) < 4.78 is 0. The Morgan fingerprint density at radius 3 is 2.45 bits per heavy atom. The highest BCUT2D eigenvalue weighted by molar-refractivity contribution is 5.85. The maximum Gasteiger partial charge on any atom is 0.241 e. The molecule has 0 heterocycles. The number of halogens is 1. The Bertz CT molecular complexity index is 294. The van der Waals surface area contributed by atoms with Crippen LogP contribution in [0.25, 0.3) is 0 Å². The molecule has 118 valence electrons. The first-order chi connectivity index (χ1) is 9.13. The van der Waals surface area contributed by atoms with Crippen molar-refractivity contribution in [3.05, 3.63) is 0 Å². The average molecular weight is 306 g/mol. The summed E-state index contributed by atoms with van der Waals surface area (Å²) in [7, 11) is 3.61. The van der Waals surface area contributed by atoms with Gasteiger partial charge in [-0.2, -0.15) is 0 Å². The van der Waals surface area contributed by atoms with E-state index in [2.05, 4.69) is 10.6 Å². The van der Waals surface area contributed by atoms with Crippen LogP contribution < -0.4 is 10.6 Å². The van der Waals surface area contributed by atoms with E-state index >= 15 is 0 Å². The molecule has 5 nitrogen and oxygen atoms in total. The molecule has 1 aliphatic carbocycles. The fraction of sp³-hybridized carbons (Fsp3) is 0.857. The molecule has 0 radical (unpaired) electrons. The molecular weight excluding hydrogens is 278 g/mol. The van der Waals surface area contributed by atoms with Crippen LogP contribution >= 0.6 is 12.4 Å². The monoisotopic (exact) mass is 305 g/mol. The molecule has 2 N–H and O–H groups in total. The Kier molecular flexibility index (Phi) is 10.5. The number of carbonyl (C=O) groups excluding carboxylic acids is 2. The fourth-order valence-electron chi connectivity index (χ4n) is 2.44. The molecule has 1 saturated carbocycles. The number of nitrogens with zero attached hydrogens (tertiary/aromatic N) is 1. The van der Waals surface area contributed by atoms with Gasteiger partial charge in [0.2, 0.25) is 11.8 Å². The molecule has 6 heteroatoms. The third-order valence-corrected chi connectivity index (χ3v) is 3.76. The van der Waals surface area contributed by atoms with E-state index in [0.29, 0.717) is 18.9 Å². The van der Waals surface area contributed by atoms with Crippen LogP contribution in [0, 0.1) is 5.92 Å². The van der Waals surface area contributed by atoms with E-state index in [9.17, 15) is 9.59 Å². The van der Waals surface area contributed by atoms with E-state index in [1.807, 2.05) is 7.05 Å². The number of hydrogen-bond donors (Lipinski definition) is 2. The minimum absolute atomic E-state index is 0. The lowest BCUT2D eigenvalue weighted by atomic mass is 9.87. The van der Waals surface area contributed by atoms with Crippen LogP contribution in [0.1, 0.15) is 38.5 Å². The van der Waals surface area contributed by atoms with Crippen LogP contribution in [0.4, 0.5) is 0 Å². The van der Waals surface area contributed by atoms with Crippen LogP contribution in [0.2, 0.25) is 0 Å². The van der Waals surface area contributed by atoms with Gasteiger partial charge in [-0.05, 0) is 25.8 Å². The zero-order chi connectivity index (χ0) is 14.1. The molecule has 1 rings (SSSR count). The van der Waals surface area contributed by atoms with Crippen molar-refractivity contribution < 1.29 is 9.59 Å². The molecule has 0 aromatic heterocycles. The number of amides is 2. The van der Waals surface area contributed by atoms with Gasteiger partial charge in [-0.1, -0.05) is 19.3 Å². The van der Waals surface area contributed by atoms with E-state index in [0.717, 1.165) is 19.4 Å². The summed E-state index contributed by atoms with van der Waals surface area (Å²) in [6.07, 6.45) is 6.67. The second-order valence-corrected chi connectivity index (χ2v) is 5.40. The van der Waals surface area contributed by atoms with Gasteiger partial charge in [-0.3, -0.25) is 9.59 Å². The van der Waals surface area contributed by atoms with Crippen molar-refractivity contribution >= 4 is 24.2 Å². The highest BCUT2D eigenvalue weighted by atomic mass is 35.5. The highest BCUT2D eigenvalue weighted by Gasteiger charge is 2.17. The number of nitrogens with one attached hydrogen (secondary N) is 2. The molecule has 0 atom stereocenters. The van der Waals surface area contributed by atoms with Gasteiger partial charge in [0.25, 0.3) is 0 Å². The van der Waals surface area contributed by atoms with Crippen molar-refractivity contribution in [2.24, 2.45) is 5.92 Å². The lowest BCUT2D eigenvalue weighted by Crippen LogP contribution is -2.40. The molecule has 20 heavy (non-hydrogen) atoms. The molecule has 0 saturated heterocycles. The van der Waals surface area contributed by atoms with Crippen molar-refractivity contribution in [1.82, 2.24) is 15.5 Å². The molecule has 0 aromatic carbocycles. The number of likely N-dealkylation sites (N-methyl/N-ethyl adjacent to an activating group) is 2. The zero-order valence-corrected chi connectivity index (χ0v) is 13.4. The minimum Gasteiger partial charge on any atom is -0.347 e. The third-order valence-electron chi connectivity index (χ3n) is 3.76. The fourth-order valence-corrected chi connectivity index (χ4v) is 2.44. The first-order valence-electron chi connectivity index (χ1n) is 7.28. The topological polar surface area (TPSA) is 61.4 Å². The molecule has 0 bridgehead atoms. The van der Waals surface area contributed by atoms with Crippen molar-refractivity contribution in [2.45, 2.75) is 38.5 Å². The van der Waals surface area contributed by atoms with E-state index in [-0.39, 0.29) is 30.8 Å². The van der Waals surface area contributed by atoms with E-state index in [1.165, 1.54) is 19.3 Å². The summed E-state index contributed by atoms with van der Waals surface area (Å²) in [5, 5.41) is 5.73. The van der Waals surface area contributed by atoms with Crippen molar-refractivity contribution in [1.29, 1.82) is 0 Å². The summed E-state index contributed by atoms with van der Waals surface area (Å²) in [6, 6.07) is 0. The van der Waals surface area contributed by atoms with Gasteiger partial charge in [0.05, 0.1) is 6.54 Å². The van der Waals surface area contributed by atoms with Crippen LogP contribution in [-0.2, 0) is 9.59 Å². The number of carbonyl (C=O) groups is 2. The predicted octanol–water partition coefficient (Wildman–Crippen LogP) is 1.17. The molecular formula is C14H28ClN3O2. The summed E-state index contributed by atoms with van der Waals surface area (Å²) in [5.74, 6) is 0.500. The largest absolute Gasteiger partial charge is 0.347 e. The first kappa shape index (κ1) is 19.2. The van der Waals surface area contributed by atoms with E-state index in [4.69, 9.17) is 0 Å². The normalized spacial score (nSPS) is 15.3. The van der Waals surface area contributed by atoms with Gasteiger partial charge in [0.15, 0.2) is 0 Å². The predicted molar refractivity (Wildman–Crippen MR) is 83.0 cm³/mol. The molecule has 0 spiro atoms. The molecule has 1 aliphatic rings. The van der Waals surface area contributed by atoms with E-state index < -0.39 is 0 Å². The summed E-state index contributed by atoms with van der Waals surface area (Å²) >= 11 is 0. The first-order valence-corrected chi connectivity index (χ1v) is 7.28. The summed E-state index contributed by atoms with van der Waals surface area (Å²) in [5.41, 5.74) is 0. The van der Waals surface area contributed by atoms with E-state index in [1.54, 1.807) is 11.9 Å². The van der Waals surface area contributed by atoms with Crippen LogP contribution in [-0.4, -0.2) is 50.4 Å². The molecule has 1 fully saturated rings. The standard InChI is InChI=1S/C14H27N3O2.ClH/c1-15-8-9-17(2)14(19)11-16-13(18)10-12-6-4-3-5-7-12;/h12,15H,3-11H2,1-2H3,(H,16,18);1H. The average Bonchev–Trinajstić information content (AvgIpc) is 2.43. The zero-order valence-electron chi connectivity index (χ0n) is 12.6. The van der Waals surface area contributed by atoms with Gasteiger partial charge in [-0.15, -0.1) is 12.4 Å². The molecule has 0 aromatic rings. The van der Waals surface area contributed by atoms with Gasteiger partial charge < -0.3 is 15.5 Å². The maximum atomic E-state index is 11.8. The molecule has 0 unspecified atom stereocenters. The number of rotatable bonds is 7. The van der Waals surface area contributed by atoms with Crippen LogP contribution in [0.15, 0.2) is 0 Å². The number of hydrogen-bond acceptors (Lipinski definition) is 3. The van der Waals surface area contributed by atoms with Gasteiger partial charge in [-0.25, -0.2) is 0 Å². The molecule has 0 aliphatic heterocycles. The highest BCUT2D eigenvalue weighted by Crippen LogP contribution is 2.25. The smallest absolute Gasteiger partial charge is 0.241 e. The second kappa shape index (κ2) is 10.9. The van der Waals surface area contributed by atoms with Crippen LogP contribution in [0.5, 0.6) is 0 Å². The lowest BCUT2D eigenvalue weighted by molar-refractivity contribution is -0.132. The SMILES string of the molecule is CNCCN(C)C(=O)CNC(=O)CC1CCCCC1.Cl. The van der Waals surface area contributed by atoms with Crippen LogP contribution in [0.3, 0.4) is 0 Å². The quantitative estimate of drug-likeness (QED) is 0.742. The van der Waals surface area contributed by atoms with Gasteiger partial charge in [0.1, 0.15) is 0 Å².